The van der Waals surface area contributed by atoms with Crippen LogP contribution in [0.2, 0.25) is 0 Å². The Bertz CT molecular complexity index is 522. The molecule has 102 valence electrons. The molecule has 0 amide bonds. The number of rotatable bonds is 5. The summed E-state index contributed by atoms with van der Waals surface area (Å²) in [4.78, 5) is 0. The van der Waals surface area contributed by atoms with E-state index in [4.69, 9.17) is 4.74 Å². The third-order valence-electron chi connectivity index (χ3n) is 3.30. The van der Waals surface area contributed by atoms with Gasteiger partial charge in [-0.25, -0.2) is 4.68 Å². The van der Waals surface area contributed by atoms with Crippen LogP contribution in [0.5, 0.6) is 5.75 Å². The second kappa shape index (κ2) is 5.79. The minimum Gasteiger partial charge on any atom is -0.497 e. The van der Waals surface area contributed by atoms with Crippen molar-refractivity contribution in [2.24, 2.45) is 0 Å². The summed E-state index contributed by atoms with van der Waals surface area (Å²) in [6.07, 6.45) is 0. The molecular weight excluding hydrogens is 242 g/mol. The van der Waals surface area contributed by atoms with Gasteiger partial charge in [-0.3, -0.25) is 0 Å². The molecule has 19 heavy (non-hydrogen) atoms. The molecule has 0 bridgehead atoms. The lowest BCUT2D eigenvalue weighted by Crippen LogP contribution is -2.21. The predicted octanol–water partition coefficient (Wildman–Crippen LogP) is 1.57. The number of tetrazole rings is 1. The number of hydrogen-bond donors (Lipinski definition) is 1. The minimum absolute atomic E-state index is 0.0757. The minimum atomic E-state index is 0.0757. The fraction of sp³-hybridized carbons (Fsp3) is 0.462. The zero-order valence-electron chi connectivity index (χ0n) is 11.7. The van der Waals surface area contributed by atoms with Crippen molar-refractivity contribution in [1.29, 1.82) is 0 Å². The van der Waals surface area contributed by atoms with Crippen molar-refractivity contribution < 1.29 is 4.74 Å². The van der Waals surface area contributed by atoms with Gasteiger partial charge in [-0.05, 0) is 49.0 Å². The molecule has 6 heteroatoms. The monoisotopic (exact) mass is 261 g/mol. The molecule has 0 radical (unpaired) electrons. The second-order valence-electron chi connectivity index (χ2n) is 4.44. The maximum Gasteiger partial charge on any atom is 0.168 e. The molecule has 1 aromatic heterocycles. The van der Waals surface area contributed by atoms with Crippen LogP contribution in [-0.2, 0) is 0 Å². The second-order valence-corrected chi connectivity index (χ2v) is 4.44. The molecule has 2 rings (SSSR count). The fourth-order valence-electron chi connectivity index (χ4n) is 1.91. The van der Waals surface area contributed by atoms with E-state index in [1.54, 1.807) is 7.11 Å². The van der Waals surface area contributed by atoms with Gasteiger partial charge >= 0.3 is 0 Å². The quantitative estimate of drug-likeness (QED) is 0.885. The summed E-state index contributed by atoms with van der Waals surface area (Å²) in [5, 5.41) is 15.1. The van der Waals surface area contributed by atoms with Gasteiger partial charge in [-0.2, -0.15) is 0 Å². The SMILES string of the molecule is CNC(C)c1nnnn1C(C)c1ccc(OC)cc1. The van der Waals surface area contributed by atoms with Crippen LogP contribution in [0.15, 0.2) is 24.3 Å². The van der Waals surface area contributed by atoms with Crippen molar-refractivity contribution in [2.75, 3.05) is 14.2 Å². The van der Waals surface area contributed by atoms with Gasteiger partial charge in [-0.15, -0.1) is 5.10 Å². The van der Waals surface area contributed by atoms with Crippen molar-refractivity contribution in [3.8, 4) is 5.75 Å². The highest BCUT2D eigenvalue weighted by Gasteiger charge is 2.18. The number of methoxy groups -OCH3 is 1. The topological polar surface area (TPSA) is 64.9 Å². The Hall–Kier alpha value is -1.95. The Morgan fingerprint density at radius 1 is 1.21 bits per heavy atom. The average Bonchev–Trinajstić information content (AvgIpc) is 2.95. The summed E-state index contributed by atoms with van der Waals surface area (Å²) in [5.74, 6) is 1.67. The van der Waals surface area contributed by atoms with Crippen molar-refractivity contribution in [3.63, 3.8) is 0 Å². The molecule has 1 heterocycles. The molecule has 0 saturated carbocycles. The van der Waals surface area contributed by atoms with Gasteiger partial charge in [0.15, 0.2) is 5.82 Å². The van der Waals surface area contributed by atoms with Crippen molar-refractivity contribution in [1.82, 2.24) is 25.5 Å². The summed E-state index contributed by atoms with van der Waals surface area (Å²) in [6.45, 7) is 4.10. The lowest BCUT2D eigenvalue weighted by molar-refractivity contribution is 0.414. The first kappa shape index (κ1) is 13.5. The van der Waals surface area contributed by atoms with Crippen LogP contribution in [0.1, 0.15) is 37.3 Å². The third-order valence-corrected chi connectivity index (χ3v) is 3.30. The summed E-state index contributed by atoms with van der Waals surface area (Å²) in [7, 11) is 3.55. The van der Waals surface area contributed by atoms with Crippen LogP contribution >= 0.6 is 0 Å². The van der Waals surface area contributed by atoms with Gasteiger partial charge in [0.1, 0.15) is 5.75 Å². The van der Waals surface area contributed by atoms with Gasteiger partial charge < -0.3 is 10.1 Å². The Morgan fingerprint density at radius 2 is 1.89 bits per heavy atom. The Labute approximate surface area is 112 Å². The van der Waals surface area contributed by atoms with Crippen LogP contribution < -0.4 is 10.1 Å². The maximum atomic E-state index is 5.16. The van der Waals surface area contributed by atoms with E-state index >= 15 is 0 Å². The van der Waals surface area contributed by atoms with Gasteiger partial charge in [0, 0.05) is 0 Å². The molecule has 0 saturated heterocycles. The molecular formula is C13H19N5O. The Kier molecular flexibility index (Phi) is 4.11. The number of hydrogen-bond acceptors (Lipinski definition) is 5. The van der Waals surface area contributed by atoms with Crippen molar-refractivity contribution in [3.05, 3.63) is 35.7 Å². The van der Waals surface area contributed by atoms with Crippen molar-refractivity contribution in [2.45, 2.75) is 25.9 Å². The van der Waals surface area contributed by atoms with E-state index in [1.165, 1.54) is 0 Å². The normalized spacial score (nSPS) is 14.1. The molecule has 2 aromatic rings. The summed E-state index contributed by atoms with van der Waals surface area (Å²) in [5.41, 5.74) is 1.14. The number of nitrogens with one attached hydrogen (secondary N) is 1. The zero-order valence-corrected chi connectivity index (χ0v) is 11.7. The number of nitrogens with zero attached hydrogens (tertiary/aromatic N) is 4. The van der Waals surface area contributed by atoms with E-state index in [0.29, 0.717) is 0 Å². The van der Waals surface area contributed by atoms with E-state index in [-0.39, 0.29) is 12.1 Å². The first-order valence-corrected chi connectivity index (χ1v) is 6.26. The Morgan fingerprint density at radius 3 is 2.47 bits per heavy atom. The van der Waals surface area contributed by atoms with E-state index in [0.717, 1.165) is 17.1 Å². The van der Waals surface area contributed by atoms with Crippen LogP contribution in [0.25, 0.3) is 0 Å². The molecule has 1 N–H and O–H groups in total. The van der Waals surface area contributed by atoms with Crippen molar-refractivity contribution >= 4 is 0 Å². The largest absolute Gasteiger partial charge is 0.497 e. The fourth-order valence-corrected chi connectivity index (χ4v) is 1.91. The summed E-state index contributed by atoms with van der Waals surface area (Å²) < 4.78 is 7.00. The number of benzene rings is 1. The standard InChI is InChI=1S/C13H19N5O/c1-9(14-3)13-15-16-17-18(13)10(2)11-5-7-12(19-4)8-6-11/h5-10,14H,1-4H3. The van der Waals surface area contributed by atoms with Crippen LogP contribution in [0.3, 0.4) is 0 Å². The van der Waals surface area contributed by atoms with Gasteiger partial charge in [0.25, 0.3) is 0 Å². The smallest absolute Gasteiger partial charge is 0.168 e. The van der Waals surface area contributed by atoms with E-state index in [1.807, 2.05) is 42.9 Å². The van der Waals surface area contributed by atoms with Crippen LogP contribution in [0.4, 0.5) is 0 Å². The van der Waals surface area contributed by atoms with Gasteiger partial charge in [0.05, 0.1) is 19.2 Å². The highest BCUT2D eigenvalue weighted by molar-refractivity contribution is 5.29. The average molecular weight is 261 g/mol. The molecule has 0 fully saturated rings. The van der Waals surface area contributed by atoms with Crippen LogP contribution in [0, 0.1) is 0 Å². The molecule has 2 atom stereocenters. The third kappa shape index (κ3) is 2.73. The predicted molar refractivity (Wildman–Crippen MR) is 72.1 cm³/mol. The number of ether oxygens (including phenoxy) is 1. The van der Waals surface area contributed by atoms with E-state index in [2.05, 4.69) is 27.8 Å². The first-order valence-electron chi connectivity index (χ1n) is 6.26. The summed E-state index contributed by atoms with van der Waals surface area (Å²) >= 11 is 0. The molecule has 0 aliphatic heterocycles. The lowest BCUT2D eigenvalue weighted by atomic mass is 10.1. The molecule has 0 spiro atoms. The molecule has 2 unspecified atom stereocenters. The highest BCUT2D eigenvalue weighted by Crippen LogP contribution is 2.22. The molecule has 0 aliphatic carbocycles. The van der Waals surface area contributed by atoms with Gasteiger partial charge in [-0.1, -0.05) is 12.1 Å². The first-order chi connectivity index (χ1) is 9.17. The highest BCUT2D eigenvalue weighted by atomic mass is 16.5. The maximum absolute atomic E-state index is 5.16. The zero-order chi connectivity index (χ0) is 13.8. The lowest BCUT2D eigenvalue weighted by Gasteiger charge is -2.17. The summed E-state index contributed by atoms with van der Waals surface area (Å²) in [6, 6.07) is 8.12. The molecule has 6 nitrogen and oxygen atoms in total. The Balaban J connectivity index is 2.28. The molecule has 1 aromatic carbocycles. The van der Waals surface area contributed by atoms with Crippen LogP contribution in [-0.4, -0.2) is 34.4 Å². The molecule has 0 aliphatic rings. The van der Waals surface area contributed by atoms with E-state index in [9.17, 15) is 0 Å². The van der Waals surface area contributed by atoms with E-state index < -0.39 is 0 Å². The number of aromatic nitrogens is 4. The van der Waals surface area contributed by atoms with Gasteiger partial charge in [0.2, 0.25) is 0 Å².